The van der Waals surface area contributed by atoms with Crippen molar-refractivity contribution >= 4 is 16.5 Å². The van der Waals surface area contributed by atoms with Crippen molar-refractivity contribution in [3.8, 4) is 6.07 Å². The number of nitriles is 1. The summed E-state index contributed by atoms with van der Waals surface area (Å²) in [6.45, 7) is 3.84. The van der Waals surface area contributed by atoms with Gasteiger partial charge >= 0.3 is 0 Å². The second-order valence-electron chi connectivity index (χ2n) is 4.76. The van der Waals surface area contributed by atoms with Crippen LogP contribution < -0.4 is 4.90 Å². The molecule has 0 saturated heterocycles. The first-order chi connectivity index (χ1) is 8.04. The fraction of sp³-hybridized carbons (Fsp3) is 0.267. The maximum atomic E-state index is 9.15. The zero-order valence-corrected chi connectivity index (χ0v) is 10.4. The van der Waals surface area contributed by atoms with Crippen LogP contribution in [-0.2, 0) is 0 Å². The molecule has 0 amide bonds. The molecule has 0 aliphatic rings. The Kier molecular flexibility index (Phi) is 2.77. The van der Waals surface area contributed by atoms with Crippen LogP contribution in [0.15, 0.2) is 42.5 Å². The summed E-state index contributed by atoms with van der Waals surface area (Å²) in [6, 6.07) is 16.8. The van der Waals surface area contributed by atoms with Crippen molar-refractivity contribution in [2.24, 2.45) is 0 Å². The third-order valence-electron chi connectivity index (χ3n) is 3.23. The summed E-state index contributed by atoms with van der Waals surface area (Å²) in [4.78, 5) is 2.00. The van der Waals surface area contributed by atoms with Gasteiger partial charge in [-0.1, -0.05) is 30.3 Å². The Hall–Kier alpha value is -2.01. The second-order valence-corrected chi connectivity index (χ2v) is 4.76. The monoisotopic (exact) mass is 224 g/mol. The minimum Gasteiger partial charge on any atom is -0.357 e. The maximum absolute atomic E-state index is 9.15. The van der Waals surface area contributed by atoms with E-state index < -0.39 is 5.54 Å². The summed E-state index contributed by atoms with van der Waals surface area (Å²) in [5.74, 6) is 0. The molecule has 0 aliphatic carbocycles. The maximum Gasteiger partial charge on any atom is 0.121 e. The molecule has 2 aromatic rings. The van der Waals surface area contributed by atoms with Gasteiger partial charge in [0.15, 0.2) is 0 Å². The van der Waals surface area contributed by atoms with E-state index in [1.807, 2.05) is 37.9 Å². The summed E-state index contributed by atoms with van der Waals surface area (Å²) in [5, 5.41) is 11.6. The van der Waals surface area contributed by atoms with Crippen LogP contribution >= 0.6 is 0 Å². The predicted molar refractivity (Wildman–Crippen MR) is 72.0 cm³/mol. The quantitative estimate of drug-likeness (QED) is 0.779. The molecule has 0 aromatic heterocycles. The average Bonchev–Trinajstić information content (AvgIpc) is 2.37. The molecule has 0 bridgehead atoms. The van der Waals surface area contributed by atoms with Crippen LogP contribution in [0.25, 0.3) is 10.8 Å². The molecular weight excluding hydrogens is 208 g/mol. The normalized spacial score (nSPS) is 11.2. The van der Waals surface area contributed by atoms with E-state index in [2.05, 4.69) is 36.4 Å². The molecule has 0 heterocycles. The van der Waals surface area contributed by atoms with Crippen LogP contribution in [0.1, 0.15) is 13.8 Å². The molecule has 17 heavy (non-hydrogen) atoms. The molecule has 0 spiro atoms. The number of rotatable bonds is 2. The second kappa shape index (κ2) is 4.10. The molecule has 2 rings (SSSR count). The molecule has 2 aromatic carbocycles. The van der Waals surface area contributed by atoms with Crippen molar-refractivity contribution in [3.05, 3.63) is 42.5 Å². The summed E-state index contributed by atoms with van der Waals surface area (Å²) in [6.07, 6.45) is 0. The third kappa shape index (κ3) is 2.09. The molecular formula is C15H16N2. The first-order valence-corrected chi connectivity index (χ1v) is 5.68. The smallest absolute Gasteiger partial charge is 0.121 e. The molecule has 2 heteroatoms. The molecule has 0 atom stereocenters. The van der Waals surface area contributed by atoms with Gasteiger partial charge in [-0.05, 0) is 36.8 Å². The van der Waals surface area contributed by atoms with Gasteiger partial charge in [0.05, 0.1) is 6.07 Å². The number of benzene rings is 2. The molecule has 0 radical (unpaired) electrons. The number of fused-ring (bicyclic) bond motifs is 1. The lowest BCUT2D eigenvalue weighted by Gasteiger charge is -2.31. The van der Waals surface area contributed by atoms with Gasteiger partial charge < -0.3 is 4.90 Å². The molecule has 0 N–H and O–H groups in total. The van der Waals surface area contributed by atoms with E-state index in [1.54, 1.807) is 0 Å². The molecule has 0 unspecified atom stereocenters. The Balaban J connectivity index is 2.47. The standard InChI is InChI=1S/C15H16N2/c1-15(2,11-16)17(3)14-9-8-12-6-4-5-7-13(12)10-14/h4-10H,1-3H3. The van der Waals surface area contributed by atoms with Gasteiger partial charge in [0.25, 0.3) is 0 Å². The van der Waals surface area contributed by atoms with Gasteiger partial charge in [-0.3, -0.25) is 0 Å². The molecule has 2 nitrogen and oxygen atoms in total. The first-order valence-electron chi connectivity index (χ1n) is 5.68. The van der Waals surface area contributed by atoms with Gasteiger partial charge in [0, 0.05) is 12.7 Å². The topological polar surface area (TPSA) is 27.0 Å². The summed E-state index contributed by atoms with van der Waals surface area (Å²) in [5.41, 5.74) is 0.567. The molecule has 0 saturated carbocycles. The van der Waals surface area contributed by atoms with Crippen LogP contribution in [0.3, 0.4) is 0 Å². The average molecular weight is 224 g/mol. The van der Waals surface area contributed by atoms with E-state index in [0.717, 1.165) is 5.69 Å². The fourth-order valence-electron chi connectivity index (χ4n) is 1.78. The Bertz CT molecular complexity index is 579. The van der Waals surface area contributed by atoms with Gasteiger partial charge in [0.2, 0.25) is 0 Å². The summed E-state index contributed by atoms with van der Waals surface area (Å²) < 4.78 is 0. The van der Waals surface area contributed by atoms with Gasteiger partial charge in [-0.15, -0.1) is 0 Å². The van der Waals surface area contributed by atoms with Crippen molar-refractivity contribution < 1.29 is 0 Å². The minimum atomic E-state index is -0.498. The third-order valence-corrected chi connectivity index (χ3v) is 3.23. The van der Waals surface area contributed by atoms with Crippen molar-refractivity contribution in [1.29, 1.82) is 5.26 Å². The zero-order valence-electron chi connectivity index (χ0n) is 10.4. The molecule has 0 fully saturated rings. The first kappa shape index (κ1) is 11.5. The van der Waals surface area contributed by atoms with E-state index in [4.69, 9.17) is 5.26 Å². The highest BCUT2D eigenvalue weighted by atomic mass is 15.2. The van der Waals surface area contributed by atoms with Crippen molar-refractivity contribution in [3.63, 3.8) is 0 Å². The highest BCUT2D eigenvalue weighted by Crippen LogP contribution is 2.25. The summed E-state index contributed by atoms with van der Waals surface area (Å²) in [7, 11) is 1.95. The summed E-state index contributed by atoms with van der Waals surface area (Å²) >= 11 is 0. The lowest BCUT2D eigenvalue weighted by Crippen LogP contribution is -2.39. The van der Waals surface area contributed by atoms with E-state index in [1.165, 1.54) is 10.8 Å². The largest absolute Gasteiger partial charge is 0.357 e. The number of nitrogens with zero attached hydrogens (tertiary/aromatic N) is 2. The van der Waals surface area contributed by atoms with Gasteiger partial charge in [-0.2, -0.15) is 5.26 Å². The van der Waals surface area contributed by atoms with E-state index in [9.17, 15) is 0 Å². The van der Waals surface area contributed by atoms with Crippen LogP contribution in [0.5, 0.6) is 0 Å². The Labute approximate surface area is 102 Å². The Morgan fingerprint density at radius 1 is 1.06 bits per heavy atom. The Morgan fingerprint density at radius 2 is 1.71 bits per heavy atom. The van der Waals surface area contributed by atoms with E-state index in [0.29, 0.717) is 0 Å². The van der Waals surface area contributed by atoms with Crippen molar-refractivity contribution in [2.45, 2.75) is 19.4 Å². The van der Waals surface area contributed by atoms with Crippen LogP contribution in [0, 0.1) is 11.3 Å². The lowest BCUT2D eigenvalue weighted by atomic mass is 10.0. The Morgan fingerprint density at radius 3 is 2.35 bits per heavy atom. The van der Waals surface area contributed by atoms with E-state index >= 15 is 0 Å². The zero-order chi connectivity index (χ0) is 12.5. The van der Waals surface area contributed by atoms with Crippen LogP contribution in [-0.4, -0.2) is 12.6 Å². The van der Waals surface area contributed by atoms with Crippen LogP contribution in [0.4, 0.5) is 5.69 Å². The number of anilines is 1. The molecule has 0 aliphatic heterocycles. The SMILES string of the molecule is CN(c1ccc2ccccc2c1)C(C)(C)C#N. The van der Waals surface area contributed by atoms with Gasteiger partial charge in [0.1, 0.15) is 5.54 Å². The minimum absolute atomic E-state index is 0.498. The van der Waals surface area contributed by atoms with Crippen LogP contribution in [0.2, 0.25) is 0 Å². The fourth-order valence-corrected chi connectivity index (χ4v) is 1.78. The highest BCUT2D eigenvalue weighted by Gasteiger charge is 2.23. The van der Waals surface area contributed by atoms with Gasteiger partial charge in [-0.25, -0.2) is 0 Å². The lowest BCUT2D eigenvalue weighted by molar-refractivity contribution is 0.617. The number of hydrogen-bond donors (Lipinski definition) is 0. The predicted octanol–water partition coefficient (Wildman–Crippen LogP) is 3.58. The van der Waals surface area contributed by atoms with E-state index in [-0.39, 0.29) is 0 Å². The van der Waals surface area contributed by atoms with Crippen molar-refractivity contribution in [2.75, 3.05) is 11.9 Å². The molecule has 86 valence electrons. The highest BCUT2D eigenvalue weighted by molar-refractivity contribution is 5.86. The van der Waals surface area contributed by atoms with Crippen molar-refractivity contribution in [1.82, 2.24) is 0 Å². The number of hydrogen-bond acceptors (Lipinski definition) is 2.